The molecule has 0 unspecified atom stereocenters. The van der Waals surface area contributed by atoms with E-state index in [4.69, 9.17) is 6.42 Å². The zero-order valence-electron chi connectivity index (χ0n) is 15.6. The molecule has 0 bridgehead atoms. The standard InChI is InChI=1S/C22H15N3O4S/c1-2-11-24-21(26)20(30-22(24)27)12-16-14-23(19-6-4-3-5-18(16)19)13-15-7-9-17(10-8-15)25(28)29/h1,3-10,12,14H,11,13H2/b20-12+. The first kappa shape index (κ1) is 19.5. The number of carbonyl (C=O) groups excluding carboxylic acids is 2. The molecule has 8 heteroatoms. The fraction of sp³-hybridized carbons (Fsp3) is 0.0909. The van der Waals surface area contributed by atoms with E-state index in [1.807, 2.05) is 35.0 Å². The van der Waals surface area contributed by atoms with Crippen LogP contribution >= 0.6 is 11.8 Å². The summed E-state index contributed by atoms with van der Waals surface area (Å²) < 4.78 is 2.01. The van der Waals surface area contributed by atoms with Crippen LogP contribution in [-0.4, -0.2) is 32.1 Å². The summed E-state index contributed by atoms with van der Waals surface area (Å²) in [5, 5.41) is 11.4. The van der Waals surface area contributed by atoms with Gasteiger partial charge in [0.25, 0.3) is 16.8 Å². The maximum absolute atomic E-state index is 12.5. The third kappa shape index (κ3) is 3.58. The number of hydrogen-bond acceptors (Lipinski definition) is 5. The second kappa shape index (κ2) is 7.89. The van der Waals surface area contributed by atoms with Crippen molar-refractivity contribution in [3.63, 3.8) is 0 Å². The van der Waals surface area contributed by atoms with Crippen molar-refractivity contribution in [3.05, 3.63) is 80.9 Å². The highest BCUT2D eigenvalue weighted by Gasteiger charge is 2.34. The van der Waals surface area contributed by atoms with E-state index in [2.05, 4.69) is 5.92 Å². The first-order valence-corrected chi connectivity index (χ1v) is 9.79. The van der Waals surface area contributed by atoms with Crippen molar-refractivity contribution in [3.8, 4) is 12.3 Å². The molecular weight excluding hydrogens is 402 g/mol. The van der Waals surface area contributed by atoms with Crippen molar-refractivity contribution in [1.29, 1.82) is 0 Å². The van der Waals surface area contributed by atoms with Crippen molar-refractivity contribution in [1.82, 2.24) is 9.47 Å². The highest BCUT2D eigenvalue weighted by atomic mass is 32.2. The Bertz CT molecular complexity index is 1250. The van der Waals surface area contributed by atoms with Crippen LogP contribution in [0.1, 0.15) is 11.1 Å². The molecule has 3 aromatic rings. The van der Waals surface area contributed by atoms with Crippen molar-refractivity contribution in [2.75, 3.05) is 6.54 Å². The van der Waals surface area contributed by atoms with Gasteiger partial charge in [-0.1, -0.05) is 36.3 Å². The Hall–Kier alpha value is -3.83. The van der Waals surface area contributed by atoms with Gasteiger partial charge in [-0.3, -0.25) is 24.6 Å². The summed E-state index contributed by atoms with van der Waals surface area (Å²) in [7, 11) is 0. The summed E-state index contributed by atoms with van der Waals surface area (Å²) in [6.45, 7) is 0.453. The van der Waals surface area contributed by atoms with Crippen LogP contribution < -0.4 is 0 Å². The van der Waals surface area contributed by atoms with Crippen LogP contribution in [0.3, 0.4) is 0 Å². The Kier molecular flexibility index (Phi) is 5.12. The summed E-state index contributed by atoms with van der Waals surface area (Å²) in [6.07, 6.45) is 8.85. The number of amides is 2. The van der Waals surface area contributed by atoms with E-state index in [0.717, 1.165) is 38.7 Å². The van der Waals surface area contributed by atoms with Gasteiger partial charge < -0.3 is 4.57 Å². The van der Waals surface area contributed by atoms with E-state index in [-0.39, 0.29) is 17.5 Å². The van der Waals surface area contributed by atoms with E-state index < -0.39 is 10.8 Å². The topological polar surface area (TPSA) is 85.4 Å². The average molecular weight is 417 g/mol. The second-order valence-electron chi connectivity index (χ2n) is 6.63. The quantitative estimate of drug-likeness (QED) is 0.268. The lowest BCUT2D eigenvalue weighted by Crippen LogP contribution is -2.28. The molecule has 0 atom stereocenters. The molecule has 1 aliphatic heterocycles. The Morgan fingerprint density at radius 3 is 2.57 bits per heavy atom. The smallest absolute Gasteiger partial charge is 0.294 e. The molecule has 148 valence electrons. The maximum atomic E-state index is 12.5. The van der Waals surface area contributed by atoms with Crippen molar-refractivity contribution in [2.45, 2.75) is 6.54 Å². The normalized spacial score (nSPS) is 15.2. The van der Waals surface area contributed by atoms with E-state index in [9.17, 15) is 19.7 Å². The molecule has 0 aliphatic carbocycles. The fourth-order valence-corrected chi connectivity index (χ4v) is 4.14. The van der Waals surface area contributed by atoms with Gasteiger partial charge in [0.05, 0.1) is 16.4 Å². The zero-order valence-corrected chi connectivity index (χ0v) is 16.5. The van der Waals surface area contributed by atoms with Gasteiger partial charge in [-0.25, -0.2) is 0 Å². The summed E-state index contributed by atoms with van der Waals surface area (Å²) >= 11 is 0.873. The number of aromatic nitrogens is 1. The van der Waals surface area contributed by atoms with Gasteiger partial charge in [0, 0.05) is 41.3 Å². The molecule has 0 radical (unpaired) electrons. The fourth-order valence-electron chi connectivity index (χ4n) is 3.31. The second-order valence-corrected chi connectivity index (χ2v) is 7.62. The van der Waals surface area contributed by atoms with Crippen molar-refractivity contribution < 1.29 is 14.5 Å². The monoisotopic (exact) mass is 417 g/mol. The van der Waals surface area contributed by atoms with Gasteiger partial charge in [0.15, 0.2) is 0 Å². The first-order valence-electron chi connectivity index (χ1n) is 8.98. The third-order valence-corrected chi connectivity index (χ3v) is 5.64. The van der Waals surface area contributed by atoms with E-state index in [1.165, 1.54) is 12.1 Å². The summed E-state index contributed by atoms with van der Waals surface area (Å²) in [5.74, 6) is 1.93. The number of imide groups is 1. The molecule has 0 spiro atoms. The van der Waals surface area contributed by atoms with Crippen LogP contribution in [0.25, 0.3) is 17.0 Å². The number of rotatable bonds is 5. The highest BCUT2D eigenvalue weighted by molar-refractivity contribution is 8.18. The number of hydrogen-bond donors (Lipinski definition) is 0. The zero-order chi connectivity index (χ0) is 21.3. The van der Waals surface area contributed by atoms with Crippen LogP contribution in [0.15, 0.2) is 59.6 Å². The molecule has 0 saturated carbocycles. The van der Waals surface area contributed by atoms with E-state index >= 15 is 0 Å². The van der Waals surface area contributed by atoms with E-state index in [0.29, 0.717) is 11.4 Å². The number of nitrogens with zero attached hydrogens (tertiary/aromatic N) is 3. The number of benzene rings is 2. The predicted molar refractivity (Wildman–Crippen MR) is 116 cm³/mol. The number of terminal acetylenes is 1. The lowest BCUT2D eigenvalue weighted by atomic mass is 10.1. The Balaban J connectivity index is 1.69. The first-order chi connectivity index (χ1) is 14.5. The summed E-state index contributed by atoms with van der Waals surface area (Å²) in [6, 6.07) is 14.1. The van der Waals surface area contributed by atoms with Crippen molar-refractivity contribution >= 4 is 45.6 Å². The molecule has 4 rings (SSSR count). The van der Waals surface area contributed by atoms with Gasteiger partial charge in [0.2, 0.25) is 0 Å². The predicted octanol–water partition coefficient (Wildman–Crippen LogP) is 4.27. The number of thioether (sulfide) groups is 1. The van der Waals surface area contributed by atoms with Crippen LogP contribution in [0.4, 0.5) is 10.5 Å². The molecular formula is C22H15N3O4S. The molecule has 1 aliphatic rings. The molecule has 2 amide bonds. The minimum Gasteiger partial charge on any atom is -0.342 e. The summed E-state index contributed by atoms with van der Waals surface area (Å²) in [5.41, 5.74) is 2.70. The minimum absolute atomic E-state index is 0.0412. The number of carbonyl (C=O) groups is 2. The SMILES string of the molecule is C#CCN1C(=O)S/C(=C/c2cn(Cc3ccc([N+](=O)[O-])cc3)c3ccccc23)C1=O. The van der Waals surface area contributed by atoms with Crippen LogP contribution in [0.5, 0.6) is 0 Å². The number of fused-ring (bicyclic) bond motifs is 1. The van der Waals surface area contributed by atoms with Gasteiger partial charge in [-0.05, 0) is 29.5 Å². The van der Waals surface area contributed by atoms with Crippen molar-refractivity contribution in [2.24, 2.45) is 0 Å². The molecule has 30 heavy (non-hydrogen) atoms. The lowest BCUT2D eigenvalue weighted by Gasteiger charge is -2.06. The molecule has 7 nitrogen and oxygen atoms in total. The van der Waals surface area contributed by atoms with Crippen LogP contribution in [-0.2, 0) is 11.3 Å². The minimum atomic E-state index is -0.430. The van der Waals surface area contributed by atoms with E-state index in [1.54, 1.807) is 18.2 Å². The average Bonchev–Trinajstić information content (AvgIpc) is 3.21. The molecule has 1 saturated heterocycles. The van der Waals surface area contributed by atoms with Gasteiger partial charge in [-0.2, -0.15) is 0 Å². The summed E-state index contributed by atoms with van der Waals surface area (Å²) in [4.78, 5) is 36.3. The highest BCUT2D eigenvalue weighted by Crippen LogP contribution is 2.34. The molecule has 1 fully saturated rings. The number of non-ortho nitro benzene ring substituents is 1. The lowest BCUT2D eigenvalue weighted by molar-refractivity contribution is -0.384. The Morgan fingerprint density at radius 2 is 1.87 bits per heavy atom. The number of nitro groups is 1. The molecule has 0 N–H and O–H groups in total. The van der Waals surface area contributed by atoms with Gasteiger partial charge in [-0.15, -0.1) is 6.42 Å². The number of para-hydroxylation sites is 1. The molecule has 1 aromatic heterocycles. The number of nitro benzene ring substituents is 1. The largest absolute Gasteiger partial charge is 0.342 e. The maximum Gasteiger partial charge on any atom is 0.294 e. The van der Waals surface area contributed by atoms with Gasteiger partial charge >= 0.3 is 0 Å². The Labute approximate surface area is 176 Å². The third-order valence-electron chi connectivity index (χ3n) is 4.73. The van der Waals surface area contributed by atoms with Crippen LogP contribution in [0, 0.1) is 22.5 Å². The van der Waals surface area contributed by atoms with Crippen LogP contribution in [0.2, 0.25) is 0 Å². The molecule has 2 heterocycles. The van der Waals surface area contributed by atoms with Gasteiger partial charge in [0.1, 0.15) is 0 Å². The Morgan fingerprint density at radius 1 is 1.13 bits per heavy atom. The molecule has 2 aromatic carbocycles.